The number of hydrogen-bond acceptors (Lipinski definition) is 8. The quantitative estimate of drug-likeness (QED) is 0.222. The van der Waals surface area contributed by atoms with Crippen LogP contribution in [0.2, 0.25) is 0 Å². The molecule has 0 aliphatic carbocycles. The molecule has 0 saturated heterocycles. The highest BCUT2D eigenvalue weighted by atomic mass is 16.6. The van der Waals surface area contributed by atoms with Crippen LogP contribution in [0.15, 0.2) is 78.9 Å². The first-order valence-corrected chi connectivity index (χ1v) is 10.1. The van der Waals surface area contributed by atoms with Gasteiger partial charge in [-0.25, -0.2) is 0 Å². The van der Waals surface area contributed by atoms with Crippen LogP contribution in [0.1, 0.15) is 0 Å². The molecule has 0 spiro atoms. The van der Waals surface area contributed by atoms with E-state index in [9.17, 15) is 40.5 Å². The van der Waals surface area contributed by atoms with E-state index in [-0.39, 0.29) is 44.8 Å². The van der Waals surface area contributed by atoms with E-state index in [1.54, 1.807) is 6.07 Å². The summed E-state index contributed by atoms with van der Waals surface area (Å²) in [5, 5.41) is 46.1. The van der Waals surface area contributed by atoms with Crippen LogP contribution < -0.4 is 0 Å². The van der Waals surface area contributed by atoms with E-state index < -0.39 is 31.1 Å². The van der Waals surface area contributed by atoms with Crippen LogP contribution in [0.25, 0.3) is 33.4 Å². The molecule has 0 saturated carbocycles. The maximum absolute atomic E-state index is 11.9. The van der Waals surface area contributed by atoms with Gasteiger partial charge in [-0.1, -0.05) is 30.3 Å². The molecule has 0 heterocycles. The third-order valence-corrected chi connectivity index (χ3v) is 5.41. The van der Waals surface area contributed by atoms with Gasteiger partial charge < -0.3 is 0 Å². The number of para-hydroxylation sites is 1. The standard InChI is InChI=1S/C24H13N4O8/c29-25(30)18-5-3-4-15(12-18)20-10-9-17(14-23(20)27(33)34)21-11-8-16(13-24(21)28(35)36)19-6-1-2-7-22(19)26(31)32/h1-4,6-14H. The lowest BCUT2D eigenvalue weighted by Gasteiger charge is -2.09. The minimum Gasteiger partial charge on any atom is -0.258 e. The molecule has 177 valence electrons. The Morgan fingerprint density at radius 2 is 0.972 bits per heavy atom. The van der Waals surface area contributed by atoms with Crippen molar-refractivity contribution >= 4 is 22.7 Å². The molecule has 0 unspecified atom stereocenters. The Hall–Kier alpha value is -5.52. The summed E-state index contributed by atoms with van der Waals surface area (Å²) in [7, 11) is 0. The van der Waals surface area contributed by atoms with Gasteiger partial charge >= 0.3 is 0 Å². The minimum atomic E-state index is -0.686. The lowest BCUT2D eigenvalue weighted by atomic mass is 9.95. The van der Waals surface area contributed by atoms with Crippen molar-refractivity contribution in [2.75, 3.05) is 0 Å². The molecule has 0 fully saturated rings. The van der Waals surface area contributed by atoms with Gasteiger partial charge in [0.05, 0.1) is 42.4 Å². The van der Waals surface area contributed by atoms with E-state index in [1.807, 2.05) is 0 Å². The molecule has 0 bridgehead atoms. The van der Waals surface area contributed by atoms with Gasteiger partial charge in [0, 0.05) is 24.3 Å². The topological polar surface area (TPSA) is 173 Å². The molecule has 0 aliphatic rings. The number of nitro groups is 4. The Kier molecular flexibility index (Phi) is 6.16. The largest absolute Gasteiger partial charge is 0.278 e. The zero-order valence-electron chi connectivity index (χ0n) is 18.1. The van der Waals surface area contributed by atoms with E-state index in [4.69, 9.17) is 0 Å². The Morgan fingerprint density at radius 3 is 1.47 bits per heavy atom. The van der Waals surface area contributed by atoms with Crippen molar-refractivity contribution in [2.24, 2.45) is 0 Å². The van der Waals surface area contributed by atoms with E-state index in [1.165, 1.54) is 60.7 Å². The van der Waals surface area contributed by atoms with Crippen LogP contribution >= 0.6 is 0 Å². The molecule has 36 heavy (non-hydrogen) atoms. The first-order valence-electron chi connectivity index (χ1n) is 10.1. The number of hydrogen-bond donors (Lipinski definition) is 0. The Morgan fingerprint density at radius 1 is 0.500 bits per heavy atom. The van der Waals surface area contributed by atoms with Crippen molar-refractivity contribution in [3.63, 3.8) is 0 Å². The average Bonchev–Trinajstić information content (AvgIpc) is 2.88. The predicted molar refractivity (Wildman–Crippen MR) is 128 cm³/mol. The Bertz CT molecular complexity index is 1570. The van der Waals surface area contributed by atoms with Crippen LogP contribution in [0, 0.1) is 46.5 Å². The third kappa shape index (κ3) is 4.46. The molecule has 4 aromatic carbocycles. The van der Waals surface area contributed by atoms with Crippen molar-refractivity contribution in [1.29, 1.82) is 0 Å². The van der Waals surface area contributed by atoms with Gasteiger partial charge in [0.1, 0.15) is 0 Å². The summed E-state index contributed by atoms with van der Waals surface area (Å²) in [5.74, 6) is 0. The smallest absolute Gasteiger partial charge is 0.258 e. The number of non-ortho nitro benzene ring substituents is 1. The molecule has 12 heteroatoms. The molecule has 0 atom stereocenters. The fourth-order valence-electron chi connectivity index (χ4n) is 3.79. The Labute approximate surface area is 201 Å². The lowest BCUT2D eigenvalue weighted by Crippen LogP contribution is -1.97. The highest BCUT2D eigenvalue weighted by Crippen LogP contribution is 2.40. The van der Waals surface area contributed by atoms with E-state index >= 15 is 0 Å². The van der Waals surface area contributed by atoms with Crippen LogP contribution in [-0.2, 0) is 0 Å². The maximum atomic E-state index is 11.9. The monoisotopic (exact) mass is 485 g/mol. The van der Waals surface area contributed by atoms with Crippen LogP contribution in [0.3, 0.4) is 0 Å². The second-order valence-electron chi connectivity index (χ2n) is 7.47. The number of rotatable bonds is 7. The molecule has 0 aromatic heterocycles. The SMILES string of the molecule is O=[N+]([O-])c1[c]ccc(-c2ccc(-c3ccc(-c4ccccc4[N+](=O)[O-])cc3[N+](=O)[O-])cc2[N+](=O)[O-])c1. The summed E-state index contributed by atoms with van der Waals surface area (Å²) in [5.41, 5.74) is -0.492. The van der Waals surface area contributed by atoms with Crippen molar-refractivity contribution in [1.82, 2.24) is 0 Å². The van der Waals surface area contributed by atoms with Crippen LogP contribution in [0.4, 0.5) is 22.7 Å². The van der Waals surface area contributed by atoms with Crippen LogP contribution in [-0.4, -0.2) is 19.7 Å². The number of nitrogens with zero attached hydrogens (tertiary/aromatic N) is 4. The minimum absolute atomic E-state index is 0.0596. The fraction of sp³-hybridized carbons (Fsp3) is 0. The zero-order chi connectivity index (χ0) is 26.0. The van der Waals surface area contributed by atoms with Gasteiger partial charge in [0.25, 0.3) is 22.7 Å². The molecule has 4 aromatic rings. The van der Waals surface area contributed by atoms with Crippen LogP contribution in [0.5, 0.6) is 0 Å². The highest BCUT2D eigenvalue weighted by molar-refractivity contribution is 5.85. The normalized spacial score (nSPS) is 10.6. The summed E-state index contributed by atoms with van der Waals surface area (Å²) in [6, 6.07) is 20.0. The Balaban J connectivity index is 1.86. The van der Waals surface area contributed by atoms with Gasteiger partial charge in [-0.3, -0.25) is 40.5 Å². The van der Waals surface area contributed by atoms with Gasteiger partial charge in [-0.15, -0.1) is 0 Å². The molecule has 12 nitrogen and oxygen atoms in total. The zero-order valence-corrected chi connectivity index (χ0v) is 18.1. The van der Waals surface area contributed by atoms with Gasteiger partial charge in [0.15, 0.2) is 0 Å². The average molecular weight is 485 g/mol. The van der Waals surface area contributed by atoms with E-state index in [2.05, 4.69) is 6.07 Å². The first-order chi connectivity index (χ1) is 17.2. The van der Waals surface area contributed by atoms with E-state index in [0.29, 0.717) is 0 Å². The molecule has 0 amide bonds. The molecule has 1 radical (unpaired) electrons. The number of benzene rings is 4. The van der Waals surface area contributed by atoms with E-state index in [0.717, 1.165) is 12.1 Å². The van der Waals surface area contributed by atoms with Gasteiger partial charge in [-0.05, 0) is 41.0 Å². The van der Waals surface area contributed by atoms with Crippen molar-refractivity contribution in [3.8, 4) is 33.4 Å². The second kappa shape index (κ2) is 9.38. The molecule has 0 N–H and O–H groups in total. The fourth-order valence-corrected chi connectivity index (χ4v) is 3.79. The summed E-state index contributed by atoms with van der Waals surface area (Å²) in [6.07, 6.45) is 0. The highest BCUT2D eigenvalue weighted by Gasteiger charge is 2.24. The molecule has 0 aliphatic heterocycles. The summed E-state index contributed by atoms with van der Waals surface area (Å²) in [4.78, 5) is 43.5. The van der Waals surface area contributed by atoms with Crippen molar-refractivity contribution < 1.29 is 19.7 Å². The molecular weight excluding hydrogens is 472 g/mol. The lowest BCUT2D eigenvalue weighted by molar-refractivity contribution is -0.385. The van der Waals surface area contributed by atoms with Crippen molar-refractivity contribution in [2.45, 2.75) is 0 Å². The summed E-state index contributed by atoms with van der Waals surface area (Å²) < 4.78 is 0. The molecule has 4 rings (SSSR count). The molecular formula is C24H13N4O8. The first kappa shape index (κ1) is 23.6. The number of nitro benzene ring substituents is 4. The van der Waals surface area contributed by atoms with Gasteiger partial charge in [0.2, 0.25) is 0 Å². The van der Waals surface area contributed by atoms with Gasteiger partial charge in [-0.2, -0.15) is 0 Å². The summed E-state index contributed by atoms with van der Waals surface area (Å²) in [6.45, 7) is 0. The second-order valence-corrected chi connectivity index (χ2v) is 7.47. The third-order valence-electron chi connectivity index (χ3n) is 5.41. The maximum Gasteiger partial charge on any atom is 0.278 e. The van der Waals surface area contributed by atoms with Crippen molar-refractivity contribution in [3.05, 3.63) is 125 Å². The predicted octanol–water partition coefficient (Wildman–Crippen LogP) is 6.12. The summed E-state index contributed by atoms with van der Waals surface area (Å²) >= 11 is 0.